The molecule has 1 unspecified atom stereocenters. The van der Waals surface area contributed by atoms with E-state index in [-0.39, 0.29) is 6.04 Å². The maximum atomic E-state index is 12.6. The van der Waals surface area contributed by atoms with Crippen LogP contribution in [0.1, 0.15) is 44.6 Å². The van der Waals surface area contributed by atoms with Crippen molar-refractivity contribution in [3.63, 3.8) is 0 Å². The zero-order valence-corrected chi connectivity index (χ0v) is 12.9. The first-order valence-corrected chi connectivity index (χ1v) is 8.32. The molecule has 3 nitrogen and oxygen atoms in total. The average Bonchev–Trinajstić information content (AvgIpc) is 2.88. The summed E-state index contributed by atoms with van der Waals surface area (Å²) < 4.78 is 0. The minimum Gasteiger partial charge on any atom is -0.326 e. The van der Waals surface area contributed by atoms with E-state index in [1.165, 1.54) is 31.2 Å². The molecule has 0 radical (unpaired) electrons. The summed E-state index contributed by atoms with van der Waals surface area (Å²) in [5, 5.41) is 3.41. The summed E-state index contributed by atoms with van der Waals surface area (Å²) in [7, 11) is 0. The maximum absolute atomic E-state index is 12.6. The Kier molecular flexibility index (Phi) is 4.59. The topological polar surface area (TPSA) is 32.3 Å². The largest absolute Gasteiger partial charge is 0.326 e. The van der Waals surface area contributed by atoms with Crippen LogP contribution >= 0.6 is 0 Å². The summed E-state index contributed by atoms with van der Waals surface area (Å²) in [4.78, 5) is 14.7. The predicted molar refractivity (Wildman–Crippen MR) is 84.8 cm³/mol. The molecule has 0 spiro atoms. The van der Waals surface area contributed by atoms with Gasteiger partial charge in [0, 0.05) is 6.04 Å². The second kappa shape index (κ2) is 6.61. The zero-order valence-electron chi connectivity index (χ0n) is 12.9. The van der Waals surface area contributed by atoms with Gasteiger partial charge in [0.05, 0.1) is 12.7 Å². The third-order valence-electron chi connectivity index (χ3n) is 5.08. The molecule has 21 heavy (non-hydrogen) atoms. The molecular formula is C18H26N2O. The van der Waals surface area contributed by atoms with Gasteiger partial charge in [-0.05, 0) is 50.0 Å². The van der Waals surface area contributed by atoms with Crippen LogP contribution in [0.25, 0.3) is 0 Å². The van der Waals surface area contributed by atoms with Gasteiger partial charge >= 0.3 is 0 Å². The van der Waals surface area contributed by atoms with Crippen LogP contribution in [0, 0.1) is 5.92 Å². The Balaban J connectivity index is 1.52. The van der Waals surface area contributed by atoms with E-state index in [0.717, 1.165) is 25.4 Å². The van der Waals surface area contributed by atoms with Gasteiger partial charge in [0.15, 0.2) is 0 Å². The Hall–Kier alpha value is -1.35. The van der Waals surface area contributed by atoms with Gasteiger partial charge in [0.2, 0.25) is 5.91 Å². The lowest BCUT2D eigenvalue weighted by Crippen LogP contribution is -2.40. The molecule has 0 bridgehead atoms. The maximum Gasteiger partial charge on any atom is 0.241 e. The van der Waals surface area contributed by atoms with Crippen molar-refractivity contribution < 1.29 is 4.79 Å². The number of amides is 1. The van der Waals surface area contributed by atoms with Crippen LogP contribution in [0.4, 0.5) is 0 Å². The third kappa shape index (κ3) is 3.46. The smallest absolute Gasteiger partial charge is 0.241 e. The SMILES string of the molecule is CC1CCC(N2CNC(CCc3ccccc3)C2=O)CC1. The fourth-order valence-corrected chi connectivity index (χ4v) is 3.62. The summed E-state index contributed by atoms with van der Waals surface area (Å²) in [6.07, 6.45) is 6.77. The molecule has 2 fully saturated rings. The molecule has 1 N–H and O–H groups in total. The third-order valence-corrected chi connectivity index (χ3v) is 5.08. The average molecular weight is 286 g/mol. The van der Waals surface area contributed by atoms with Gasteiger partial charge in [-0.2, -0.15) is 0 Å². The number of carbonyl (C=O) groups excluding carboxylic acids is 1. The van der Waals surface area contributed by atoms with Crippen molar-refractivity contribution in [2.75, 3.05) is 6.67 Å². The Labute approximate surface area is 127 Å². The van der Waals surface area contributed by atoms with E-state index >= 15 is 0 Å². The summed E-state index contributed by atoms with van der Waals surface area (Å²) in [6.45, 7) is 3.07. The highest BCUT2D eigenvalue weighted by atomic mass is 16.2. The first-order valence-electron chi connectivity index (χ1n) is 8.32. The van der Waals surface area contributed by atoms with Crippen molar-refractivity contribution in [2.24, 2.45) is 5.92 Å². The van der Waals surface area contributed by atoms with Gasteiger partial charge in [-0.1, -0.05) is 37.3 Å². The number of nitrogens with one attached hydrogen (secondary N) is 1. The molecule has 2 aliphatic rings. The van der Waals surface area contributed by atoms with Crippen LogP contribution in [0.2, 0.25) is 0 Å². The van der Waals surface area contributed by atoms with Crippen LogP contribution < -0.4 is 5.32 Å². The number of rotatable bonds is 4. The number of carbonyl (C=O) groups is 1. The molecule has 0 aromatic heterocycles. The molecule has 3 heteroatoms. The molecular weight excluding hydrogens is 260 g/mol. The summed E-state index contributed by atoms with van der Waals surface area (Å²) in [5.41, 5.74) is 1.32. The van der Waals surface area contributed by atoms with E-state index in [2.05, 4.69) is 41.4 Å². The van der Waals surface area contributed by atoms with E-state index in [1.54, 1.807) is 0 Å². The number of hydrogen-bond donors (Lipinski definition) is 1. The second-order valence-electron chi connectivity index (χ2n) is 6.66. The van der Waals surface area contributed by atoms with Crippen LogP contribution in [-0.2, 0) is 11.2 Å². The molecule has 1 aromatic carbocycles. The Morgan fingerprint density at radius 1 is 1.14 bits per heavy atom. The predicted octanol–water partition coefficient (Wildman–Crippen LogP) is 2.96. The lowest BCUT2D eigenvalue weighted by atomic mass is 9.86. The standard InChI is InChI=1S/C18H26N2O/c1-14-7-10-16(11-8-14)20-13-19-17(18(20)21)12-9-15-5-3-2-4-6-15/h2-6,14,16-17,19H,7-13H2,1H3. The van der Waals surface area contributed by atoms with Crippen LogP contribution in [0.3, 0.4) is 0 Å². The normalized spacial score (nSPS) is 29.9. The fourth-order valence-electron chi connectivity index (χ4n) is 3.62. The molecule has 1 amide bonds. The van der Waals surface area contributed by atoms with Gasteiger partial charge in [0.1, 0.15) is 0 Å². The number of benzene rings is 1. The van der Waals surface area contributed by atoms with Gasteiger partial charge in [0.25, 0.3) is 0 Å². The molecule has 1 saturated carbocycles. The second-order valence-corrected chi connectivity index (χ2v) is 6.66. The highest BCUT2D eigenvalue weighted by Crippen LogP contribution is 2.28. The summed E-state index contributed by atoms with van der Waals surface area (Å²) in [5.74, 6) is 1.16. The van der Waals surface area contributed by atoms with E-state index in [0.29, 0.717) is 11.9 Å². The Morgan fingerprint density at radius 2 is 1.86 bits per heavy atom. The monoisotopic (exact) mass is 286 g/mol. The van der Waals surface area contributed by atoms with Crippen molar-refractivity contribution >= 4 is 5.91 Å². The minimum atomic E-state index is 0.0181. The highest BCUT2D eigenvalue weighted by Gasteiger charge is 2.36. The quantitative estimate of drug-likeness (QED) is 0.923. The van der Waals surface area contributed by atoms with E-state index in [9.17, 15) is 4.79 Å². The lowest BCUT2D eigenvalue weighted by Gasteiger charge is -2.33. The van der Waals surface area contributed by atoms with Gasteiger partial charge in [-0.25, -0.2) is 0 Å². The fraction of sp³-hybridized carbons (Fsp3) is 0.611. The minimum absolute atomic E-state index is 0.0181. The van der Waals surface area contributed by atoms with Crippen molar-refractivity contribution in [1.82, 2.24) is 10.2 Å². The molecule has 3 rings (SSSR count). The molecule has 1 aliphatic heterocycles. The number of aryl methyl sites for hydroxylation is 1. The Morgan fingerprint density at radius 3 is 2.57 bits per heavy atom. The Bertz CT molecular complexity index is 465. The van der Waals surface area contributed by atoms with Crippen LogP contribution in [-0.4, -0.2) is 29.6 Å². The van der Waals surface area contributed by atoms with Crippen molar-refractivity contribution in [3.05, 3.63) is 35.9 Å². The first kappa shape index (κ1) is 14.6. The van der Waals surface area contributed by atoms with Crippen molar-refractivity contribution in [3.8, 4) is 0 Å². The molecule has 1 heterocycles. The highest BCUT2D eigenvalue weighted by molar-refractivity contribution is 5.84. The molecule has 1 aliphatic carbocycles. The van der Waals surface area contributed by atoms with Crippen molar-refractivity contribution in [1.29, 1.82) is 0 Å². The van der Waals surface area contributed by atoms with E-state index < -0.39 is 0 Å². The van der Waals surface area contributed by atoms with E-state index in [1.807, 2.05) is 6.07 Å². The van der Waals surface area contributed by atoms with Crippen LogP contribution in [0.15, 0.2) is 30.3 Å². The van der Waals surface area contributed by atoms with E-state index in [4.69, 9.17) is 0 Å². The summed E-state index contributed by atoms with van der Waals surface area (Å²) >= 11 is 0. The van der Waals surface area contributed by atoms with Gasteiger partial charge < -0.3 is 4.90 Å². The van der Waals surface area contributed by atoms with Gasteiger partial charge in [-0.15, -0.1) is 0 Å². The molecule has 114 valence electrons. The van der Waals surface area contributed by atoms with Crippen LogP contribution in [0.5, 0.6) is 0 Å². The lowest BCUT2D eigenvalue weighted by molar-refractivity contribution is -0.131. The summed E-state index contributed by atoms with van der Waals surface area (Å²) in [6, 6.07) is 10.9. The zero-order chi connectivity index (χ0) is 14.7. The molecule has 1 saturated heterocycles. The number of nitrogens with zero attached hydrogens (tertiary/aromatic N) is 1. The molecule has 1 atom stereocenters. The number of hydrogen-bond acceptors (Lipinski definition) is 2. The van der Waals surface area contributed by atoms with Gasteiger partial charge in [-0.3, -0.25) is 10.1 Å². The van der Waals surface area contributed by atoms with Crippen molar-refractivity contribution in [2.45, 2.75) is 57.5 Å². The molecule has 1 aromatic rings. The first-order chi connectivity index (χ1) is 10.2.